The van der Waals surface area contributed by atoms with E-state index in [-0.39, 0.29) is 6.04 Å². The number of imidazole rings is 1. The van der Waals surface area contributed by atoms with Gasteiger partial charge in [0.1, 0.15) is 5.82 Å². The molecular weight excluding hydrogens is 450 g/mol. The molecule has 2 aromatic heterocycles. The van der Waals surface area contributed by atoms with Gasteiger partial charge >= 0.3 is 0 Å². The fourth-order valence-corrected chi connectivity index (χ4v) is 5.06. The van der Waals surface area contributed by atoms with Gasteiger partial charge in [-0.25, -0.2) is 4.98 Å². The Balaban J connectivity index is 1.53. The summed E-state index contributed by atoms with van der Waals surface area (Å²) in [7, 11) is 0. The van der Waals surface area contributed by atoms with E-state index in [1.54, 1.807) is 0 Å². The number of nitrogens with zero attached hydrogens (tertiary/aromatic N) is 3. The van der Waals surface area contributed by atoms with Gasteiger partial charge < -0.3 is 10.7 Å². The maximum Gasteiger partial charge on any atom is 0.121 e. The highest BCUT2D eigenvalue weighted by molar-refractivity contribution is 9.10. The molecule has 1 aliphatic rings. The van der Waals surface area contributed by atoms with E-state index in [2.05, 4.69) is 62.2 Å². The first kappa shape index (κ1) is 20.4. The fourth-order valence-electron chi connectivity index (χ4n) is 4.65. The second kappa shape index (κ2) is 8.91. The molecule has 1 unspecified atom stereocenters. The molecule has 5 nitrogen and oxygen atoms in total. The molecular formula is C25H26BrN5. The number of nitrogens with one attached hydrogen (secondary N) is 1. The highest BCUT2D eigenvalue weighted by Gasteiger charge is 2.28. The van der Waals surface area contributed by atoms with Crippen molar-refractivity contribution in [2.24, 2.45) is 5.73 Å². The van der Waals surface area contributed by atoms with Gasteiger partial charge in [-0.2, -0.15) is 0 Å². The lowest BCUT2D eigenvalue weighted by Crippen LogP contribution is -2.32. The van der Waals surface area contributed by atoms with Crippen LogP contribution in [-0.4, -0.2) is 19.9 Å². The van der Waals surface area contributed by atoms with Crippen molar-refractivity contribution >= 4 is 27.0 Å². The summed E-state index contributed by atoms with van der Waals surface area (Å²) < 4.78 is 1.07. The standard InChI is InChI=1S/C25H26BrN5/c26-20-11-10-18(14-27)19(13-20)15-31(16-24-29-21-7-1-2-8-22(21)30-24)23-9-3-5-17-6-4-12-28-25(17)23/h1-2,4,6-8,10-13,23H,3,5,9,14-16,27H2,(H,29,30). The van der Waals surface area contributed by atoms with Crippen molar-refractivity contribution in [3.05, 3.63) is 93.5 Å². The van der Waals surface area contributed by atoms with Crippen LogP contribution in [0.25, 0.3) is 11.0 Å². The number of pyridine rings is 1. The van der Waals surface area contributed by atoms with Crippen LogP contribution in [-0.2, 0) is 26.1 Å². The average Bonchev–Trinajstić information content (AvgIpc) is 3.21. The summed E-state index contributed by atoms with van der Waals surface area (Å²) in [4.78, 5) is 15.7. The molecule has 1 atom stereocenters. The number of fused-ring (bicyclic) bond motifs is 2. The summed E-state index contributed by atoms with van der Waals surface area (Å²) in [5.74, 6) is 0.980. The highest BCUT2D eigenvalue weighted by Crippen LogP contribution is 2.35. The summed E-state index contributed by atoms with van der Waals surface area (Å²) in [6, 6.07) is 19.1. The molecule has 0 radical (unpaired) electrons. The summed E-state index contributed by atoms with van der Waals surface area (Å²) in [5.41, 5.74) is 13.1. The minimum atomic E-state index is 0.253. The van der Waals surface area contributed by atoms with Crippen LogP contribution in [0, 0.1) is 0 Å². The number of rotatable bonds is 6. The predicted octanol–water partition coefficient (Wildman–Crippen LogP) is 5.26. The lowest BCUT2D eigenvalue weighted by atomic mass is 9.90. The van der Waals surface area contributed by atoms with E-state index in [0.29, 0.717) is 6.54 Å². The van der Waals surface area contributed by atoms with Crippen LogP contribution in [0.5, 0.6) is 0 Å². The fraction of sp³-hybridized carbons (Fsp3) is 0.280. The number of para-hydroxylation sites is 2. The Labute approximate surface area is 190 Å². The SMILES string of the molecule is NCc1ccc(Br)cc1CN(Cc1nc2ccccc2[nH]1)C1CCCc2cccnc21. The Morgan fingerprint density at radius 1 is 1.06 bits per heavy atom. The molecule has 0 amide bonds. The van der Waals surface area contributed by atoms with Crippen LogP contribution in [0.1, 0.15) is 47.1 Å². The predicted molar refractivity (Wildman–Crippen MR) is 127 cm³/mol. The number of H-pyrrole nitrogens is 1. The van der Waals surface area contributed by atoms with Gasteiger partial charge in [-0.05, 0) is 66.3 Å². The Morgan fingerprint density at radius 3 is 2.84 bits per heavy atom. The summed E-state index contributed by atoms with van der Waals surface area (Å²) in [6.07, 6.45) is 5.28. The molecule has 1 aliphatic carbocycles. The molecule has 5 rings (SSSR count). The number of benzene rings is 2. The Hall–Kier alpha value is -2.54. The lowest BCUT2D eigenvalue weighted by molar-refractivity contribution is 0.153. The van der Waals surface area contributed by atoms with E-state index in [9.17, 15) is 0 Å². The Morgan fingerprint density at radius 2 is 1.97 bits per heavy atom. The second-order valence-corrected chi connectivity index (χ2v) is 9.09. The smallest absolute Gasteiger partial charge is 0.121 e. The quantitative estimate of drug-likeness (QED) is 0.398. The molecule has 31 heavy (non-hydrogen) atoms. The van der Waals surface area contributed by atoms with Gasteiger partial charge in [0.05, 0.1) is 29.3 Å². The number of hydrogen-bond acceptors (Lipinski definition) is 4. The van der Waals surface area contributed by atoms with Gasteiger partial charge in [-0.3, -0.25) is 9.88 Å². The monoisotopic (exact) mass is 475 g/mol. The third-order valence-corrected chi connectivity index (χ3v) is 6.65. The molecule has 0 spiro atoms. The second-order valence-electron chi connectivity index (χ2n) is 8.18. The van der Waals surface area contributed by atoms with Crippen molar-refractivity contribution in [3.8, 4) is 0 Å². The van der Waals surface area contributed by atoms with E-state index >= 15 is 0 Å². The zero-order chi connectivity index (χ0) is 21.2. The summed E-state index contributed by atoms with van der Waals surface area (Å²) >= 11 is 3.64. The van der Waals surface area contributed by atoms with E-state index in [0.717, 1.165) is 47.3 Å². The van der Waals surface area contributed by atoms with E-state index in [1.807, 2.05) is 24.4 Å². The third kappa shape index (κ3) is 4.28. The highest BCUT2D eigenvalue weighted by atomic mass is 79.9. The Bertz CT molecular complexity index is 1170. The average molecular weight is 476 g/mol. The van der Waals surface area contributed by atoms with E-state index in [1.165, 1.54) is 28.8 Å². The van der Waals surface area contributed by atoms with Crippen molar-refractivity contribution in [1.29, 1.82) is 0 Å². The van der Waals surface area contributed by atoms with Gasteiger partial charge in [-0.15, -0.1) is 0 Å². The van der Waals surface area contributed by atoms with Crippen LogP contribution in [0.15, 0.2) is 65.3 Å². The molecule has 4 aromatic rings. The molecule has 0 saturated heterocycles. The van der Waals surface area contributed by atoms with Crippen molar-refractivity contribution in [3.63, 3.8) is 0 Å². The summed E-state index contributed by atoms with van der Waals surface area (Å²) in [6.45, 7) is 2.05. The molecule has 158 valence electrons. The molecule has 6 heteroatoms. The van der Waals surface area contributed by atoms with Crippen LogP contribution in [0.3, 0.4) is 0 Å². The van der Waals surface area contributed by atoms with Gasteiger partial charge in [0.15, 0.2) is 0 Å². The molecule has 0 aliphatic heterocycles. The van der Waals surface area contributed by atoms with Gasteiger partial charge in [0.25, 0.3) is 0 Å². The largest absolute Gasteiger partial charge is 0.341 e. The number of aromatic nitrogens is 3. The first-order chi connectivity index (χ1) is 15.2. The van der Waals surface area contributed by atoms with Crippen molar-refractivity contribution in [1.82, 2.24) is 19.9 Å². The number of aromatic amines is 1. The van der Waals surface area contributed by atoms with Crippen molar-refractivity contribution < 1.29 is 0 Å². The van der Waals surface area contributed by atoms with Crippen LogP contribution < -0.4 is 5.73 Å². The number of nitrogens with two attached hydrogens (primary N) is 1. The summed E-state index contributed by atoms with van der Waals surface area (Å²) in [5, 5.41) is 0. The molecule has 3 N–H and O–H groups in total. The van der Waals surface area contributed by atoms with Crippen molar-refractivity contribution in [2.75, 3.05) is 0 Å². The lowest BCUT2D eigenvalue weighted by Gasteiger charge is -2.35. The first-order valence-electron chi connectivity index (χ1n) is 10.8. The van der Waals surface area contributed by atoms with E-state index < -0.39 is 0 Å². The zero-order valence-electron chi connectivity index (χ0n) is 17.4. The molecule has 0 bridgehead atoms. The minimum Gasteiger partial charge on any atom is -0.341 e. The third-order valence-electron chi connectivity index (χ3n) is 6.16. The van der Waals surface area contributed by atoms with Gasteiger partial charge in [0, 0.05) is 23.8 Å². The zero-order valence-corrected chi connectivity index (χ0v) is 19.0. The Kier molecular flexibility index (Phi) is 5.85. The maximum atomic E-state index is 6.07. The number of hydrogen-bond donors (Lipinski definition) is 2. The normalized spacial score (nSPS) is 16.0. The molecule has 0 fully saturated rings. The topological polar surface area (TPSA) is 70.8 Å². The molecule has 2 heterocycles. The minimum absolute atomic E-state index is 0.253. The van der Waals surface area contributed by atoms with Gasteiger partial charge in [0.2, 0.25) is 0 Å². The van der Waals surface area contributed by atoms with Crippen LogP contribution >= 0.6 is 15.9 Å². The van der Waals surface area contributed by atoms with E-state index in [4.69, 9.17) is 15.7 Å². The maximum absolute atomic E-state index is 6.07. The van der Waals surface area contributed by atoms with Crippen LogP contribution in [0.4, 0.5) is 0 Å². The molecule has 2 aromatic carbocycles. The number of aryl methyl sites for hydroxylation is 1. The number of halogens is 1. The van der Waals surface area contributed by atoms with Crippen molar-refractivity contribution in [2.45, 2.75) is 44.9 Å². The molecule has 0 saturated carbocycles. The van der Waals surface area contributed by atoms with Gasteiger partial charge in [-0.1, -0.05) is 40.2 Å². The van der Waals surface area contributed by atoms with Crippen LogP contribution in [0.2, 0.25) is 0 Å². The first-order valence-corrected chi connectivity index (χ1v) is 11.6.